The lowest BCUT2D eigenvalue weighted by atomic mass is 10.1. The van der Waals surface area contributed by atoms with Gasteiger partial charge in [-0.25, -0.2) is 9.78 Å². The van der Waals surface area contributed by atoms with Gasteiger partial charge in [-0.3, -0.25) is 5.32 Å². The number of ether oxygens (including phenoxy) is 1. The zero-order chi connectivity index (χ0) is 18.5. The fourth-order valence-corrected chi connectivity index (χ4v) is 3.42. The van der Waals surface area contributed by atoms with E-state index in [0.717, 1.165) is 21.8 Å². The summed E-state index contributed by atoms with van der Waals surface area (Å²) in [6.45, 7) is 0. The highest BCUT2D eigenvalue weighted by Crippen LogP contribution is 2.29. The molecule has 1 amide bonds. The smallest absolute Gasteiger partial charge is 0.410 e. The quantitative estimate of drug-likeness (QED) is 0.472. The maximum atomic E-state index is 12.0. The molecule has 3 aromatic carbocycles. The van der Waals surface area contributed by atoms with E-state index >= 15 is 0 Å². The van der Waals surface area contributed by atoms with Crippen molar-refractivity contribution in [3.05, 3.63) is 90.3 Å². The largest absolute Gasteiger partial charge is 0.417 e. The Morgan fingerprint density at radius 1 is 0.815 bits per heavy atom. The number of amides is 1. The molecular formula is C22H16N2O2S. The molecule has 0 radical (unpaired) electrons. The first-order valence-corrected chi connectivity index (χ1v) is 9.31. The normalized spacial score (nSPS) is 10.4. The molecule has 132 valence electrons. The average molecular weight is 372 g/mol. The van der Waals surface area contributed by atoms with Crippen molar-refractivity contribution in [1.29, 1.82) is 0 Å². The highest BCUT2D eigenvalue weighted by atomic mass is 32.1. The van der Waals surface area contributed by atoms with Gasteiger partial charge in [-0.2, -0.15) is 0 Å². The van der Waals surface area contributed by atoms with E-state index in [1.54, 1.807) is 23.5 Å². The number of nitrogens with zero attached hydrogens (tertiary/aromatic N) is 1. The molecule has 4 aromatic rings. The van der Waals surface area contributed by atoms with Crippen LogP contribution in [0.1, 0.15) is 0 Å². The lowest BCUT2D eigenvalue weighted by Gasteiger charge is -2.07. The molecule has 0 aliphatic heterocycles. The van der Waals surface area contributed by atoms with Gasteiger partial charge in [0.15, 0.2) is 0 Å². The van der Waals surface area contributed by atoms with Crippen LogP contribution in [-0.4, -0.2) is 11.1 Å². The number of rotatable bonds is 4. The molecule has 0 bridgehead atoms. The number of carbonyl (C=O) groups is 1. The molecule has 0 aliphatic rings. The molecule has 0 spiro atoms. The Bertz CT molecular complexity index is 1030. The number of benzene rings is 3. The Morgan fingerprint density at radius 3 is 2.19 bits per heavy atom. The SMILES string of the molecule is O=C(Nc1ccc(-c2csc(-c3ccccc3)n2)cc1)Oc1ccccc1. The summed E-state index contributed by atoms with van der Waals surface area (Å²) in [5.74, 6) is 0.502. The predicted molar refractivity (Wildman–Crippen MR) is 109 cm³/mol. The molecule has 0 fully saturated rings. The van der Waals surface area contributed by atoms with Crippen molar-refractivity contribution >= 4 is 23.1 Å². The van der Waals surface area contributed by atoms with Crippen molar-refractivity contribution in [1.82, 2.24) is 4.98 Å². The van der Waals surface area contributed by atoms with E-state index in [1.807, 2.05) is 78.2 Å². The monoisotopic (exact) mass is 372 g/mol. The molecule has 1 N–H and O–H groups in total. The third-order valence-electron chi connectivity index (χ3n) is 3.91. The highest BCUT2D eigenvalue weighted by Gasteiger charge is 2.08. The molecule has 1 heterocycles. The van der Waals surface area contributed by atoms with Crippen molar-refractivity contribution in [2.24, 2.45) is 0 Å². The second kappa shape index (κ2) is 7.85. The maximum absolute atomic E-state index is 12.0. The lowest BCUT2D eigenvalue weighted by molar-refractivity contribution is 0.215. The predicted octanol–water partition coefficient (Wildman–Crippen LogP) is 6.09. The minimum absolute atomic E-state index is 0.502. The molecule has 1 aromatic heterocycles. The summed E-state index contributed by atoms with van der Waals surface area (Å²) in [7, 11) is 0. The van der Waals surface area contributed by atoms with Gasteiger partial charge in [-0.05, 0) is 24.3 Å². The van der Waals surface area contributed by atoms with Crippen LogP contribution in [0.5, 0.6) is 5.75 Å². The van der Waals surface area contributed by atoms with Crippen LogP contribution in [0.15, 0.2) is 90.3 Å². The Labute approximate surface area is 161 Å². The van der Waals surface area contributed by atoms with Gasteiger partial charge in [0.2, 0.25) is 0 Å². The second-order valence-electron chi connectivity index (χ2n) is 5.81. The summed E-state index contributed by atoms with van der Waals surface area (Å²) in [5.41, 5.74) is 3.68. The zero-order valence-electron chi connectivity index (χ0n) is 14.3. The maximum Gasteiger partial charge on any atom is 0.417 e. The van der Waals surface area contributed by atoms with Gasteiger partial charge in [-0.1, -0.05) is 60.7 Å². The number of aromatic nitrogens is 1. The molecule has 0 saturated heterocycles. The van der Waals surface area contributed by atoms with Crippen LogP contribution in [0.25, 0.3) is 21.8 Å². The number of hydrogen-bond donors (Lipinski definition) is 1. The summed E-state index contributed by atoms with van der Waals surface area (Å²) < 4.78 is 5.22. The summed E-state index contributed by atoms with van der Waals surface area (Å²) in [5, 5.41) is 5.74. The van der Waals surface area contributed by atoms with Crippen molar-refractivity contribution in [2.45, 2.75) is 0 Å². The molecule has 0 saturated carbocycles. The van der Waals surface area contributed by atoms with Crippen LogP contribution in [0.2, 0.25) is 0 Å². The molecule has 0 unspecified atom stereocenters. The fraction of sp³-hybridized carbons (Fsp3) is 0. The van der Waals surface area contributed by atoms with E-state index in [4.69, 9.17) is 9.72 Å². The van der Waals surface area contributed by atoms with Crippen LogP contribution in [0.3, 0.4) is 0 Å². The van der Waals surface area contributed by atoms with E-state index in [2.05, 4.69) is 5.32 Å². The van der Waals surface area contributed by atoms with Gasteiger partial charge in [0.05, 0.1) is 5.69 Å². The highest BCUT2D eigenvalue weighted by molar-refractivity contribution is 7.13. The van der Waals surface area contributed by atoms with Crippen molar-refractivity contribution in [3.63, 3.8) is 0 Å². The van der Waals surface area contributed by atoms with Crippen molar-refractivity contribution in [2.75, 3.05) is 5.32 Å². The van der Waals surface area contributed by atoms with Gasteiger partial charge in [0.25, 0.3) is 0 Å². The molecule has 27 heavy (non-hydrogen) atoms. The standard InChI is InChI=1S/C22H16N2O2S/c25-22(26-19-9-5-2-6-10-19)23-18-13-11-16(12-14-18)20-15-27-21(24-20)17-7-3-1-4-8-17/h1-15H,(H,23,25). The first kappa shape index (κ1) is 17.0. The number of carbonyl (C=O) groups excluding carboxylic acids is 1. The summed E-state index contributed by atoms with van der Waals surface area (Å²) >= 11 is 1.61. The molecule has 4 rings (SSSR count). The van der Waals surface area contributed by atoms with Crippen LogP contribution >= 0.6 is 11.3 Å². The summed E-state index contributed by atoms with van der Waals surface area (Å²) in [6.07, 6.45) is -0.519. The Balaban J connectivity index is 1.43. The van der Waals surface area contributed by atoms with Gasteiger partial charge >= 0.3 is 6.09 Å². The topological polar surface area (TPSA) is 51.2 Å². The van der Waals surface area contributed by atoms with Crippen molar-refractivity contribution < 1.29 is 9.53 Å². The first-order valence-electron chi connectivity index (χ1n) is 8.43. The third kappa shape index (κ3) is 4.22. The number of para-hydroxylation sites is 1. The zero-order valence-corrected chi connectivity index (χ0v) is 15.1. The second-order valence-corrected chi connectivity index (χ2v) is 6.67. The molecule has 0 aliphatic carbocycles. The lowest BCUT2D eigenvalue weighted by Crippen LogP contribution is -2.16. The Hall–Kier alpha value is -3.44. The first-order chi connectivity index (χ1) is 13.3. The number of thiazole rings is 1. The van der Waals surface area contributed by atoms with Crippen LogP contribution in [-0.2, 0) is 0 Å². The van der Waals surface area contributed by atoms with E-state index in [-0.39, 0.29) is 0 Å². The van der Waals surface area contributed by atoms with Crippen molar-refractivity contribution in [3.8, 4) is 27.6 Å². The van der Waals surface area contributed by atoms with Crippen LogP contribution in [0.4, 0.5) is 10.5 Å². The van der Waals surface area contributed by atoms with E-state index < -0.39 is 6.09 Å². The number of nitrogens with one attached hydrogen (secondary N) is 1. The summed E-state index contributed by atoms with van der Waals surface area (Å²) in [6, 6.07) is 26.6. The minimum atomic E-state index is -0.519. The third-order valence-corrected chi connectivity index (χ3v) is 4.80. The van der Waals surface area contributed by atoms with Gasteiger partial charge in [0.1, 0.15) is 10.8 Å². The van der Waals surface area contributed by atoms with Gasteiger partial charge in [0, 0.05) is 22.2 Å². The van der Waals surface area contributed by atoms with Gasteiger partial charge in [-0.15, -0.1) is 11.3 Å². The van der Waals surface area contributed by atoms with E-state index in [0.29, 0.717) is 11.4 Å². The molecule has 0 atom stereocenters. The van der Waals surface area contributed by atoms with E-state index in [9.17, 15) is 4.79 Å². The molecular weight excluding hydrogens is 356 g/mol. The Morgan fingerprint density at radius 2 is 1.48 bits per heavy atom. The van der Waals surface area contributed by atoms with Crippen LogP contribution < -0.4 is 10.1 Å². The van der Waals surface area contributed by atoms with Gasteiger partial charge < -0.3 is 4.74 Å². The van der Waals surface area contributed by atoms with Crippen LogP contribution in [0, 0.1) is 0 Å². The molecule has 5 heteroatoms. The molecule has 4 nitrogen and oxygen atoms in total. The number of anilines is 1. The minimum Gasteiger partial charge on any atom is -0.410 e. The van der Waals surface area contributed by atoms with E-state index in [1.165, 1.54) is 0 Å². The number of hydrogen-bond acceptors (Lipinski definition) is 4. The Kier molecular flexibility index (Phi) is 4.94. The average Bonchev–Trinajstić information content (AvgIpc) is 3.20. The summed E-state index contributed by atoms with van der Waals surface area (Å²) in [4.78, 5) is 16.7. The fourth-order valence-electron chi connectivity index (χ4n) is 2.58.